The van der Waals surface area contributed by atoms with Crippen LogP contribution in [0.1, 0.15) is 0 Å². The van der Waals surface area contributed by atoms with Crippen molar-refractivity contribution < 1.29 is 113 Å². The molecule has 5 nitrogen and oxygen atoms in total. The molecule has 0 aliphatic heterocycles. The number of nitrogens with one attached hydrogen (secondary N) is 1. The molecule has 0 atom stereocenters. The topological polar surface area (TPSA) is 108 Å². The summed E-state index contributed by atoms with van der Waals surface area (Å²) in [5.74, 6) is 0. The fraction of sp³-hybridized carbons (Fsp3) is 0. The summed E-state index contributed by atoms with van der Waals surface area (Å²) in [4.78, 5) is 0. The minimum atomic E-state index is -0.750. The summed E-state index contributed by atoms with van der Waals surface area (Å²) < 4.78 is 0. The van der Waals surface area contributed by atoms with Crippen molar-refractivity contribution in [3.63, 3.8) is 0 Å². The molecule has 0 aliphatic carbocycles. The molecule has 0 bridgehead atoms. The first kappa shape index (κ1) is 23.7. The van der Waals surface area contributed by atoms with E-state index in [4.69, 9.17) is 10.4 Å². The van der Waals surface area contributed by atoms with Gasteiger partial charge in [-0.2, -0.15) is 5.26 Å². The van der Waals surface area contributed by atoms with Crippen molar-refractivity contribution in [2.75, 3.05) is 0 Å². The van der Waals surface area contributed by atoms with E-state index < -0.39 is 10.3 Å². The van der Waals surface area contributed by atoms with Crippen molar-refractivity contribution >= 4 is 34.8 Å². The summed E-state index contributed by atoms with van der Waals surface area (Å²) in [6, 6.07) is 0. The molecular weight excluding hydrogens is 252 g/mol. The molecule has 0 rings (SSSR count). The molecule has 0 radical (unpaired) electrons. The van der Waals surface area contributed by atoms with Gasteiger partial charge in [-0.1, -0.05) is 24.4 Å². The molecule has 0 saturated heterocycles. The molecule has 0 aromatic rings. The Morgan fingerprint density at radius 2 is 1.58 bits per heavy atom. The minimum absolute atomic E-state index is 0. The summed E-state index contributed by atoms with van der Waals surface area (Å²) in [6.45, 7) is 0. The molecule has 12 heavy (non-hydrogen) atoms. The van der Waals surface area contributed by atoms with Gasteiger partial charge < -0.3 is 15.9 Å². The van der Waals surface area contributed by atoms with Gasteiger partial charge in [-0.25, -0.2) is 0 Å². The van der Waals surface area contributed by atoms with Crippen molar-refractivity contribution in [3.8, 4) is 6.19 Å². The molecule has 0 saturated carbocycles. The Labute approximate surface area is 166 Å². The van der Waals surface area contributed by atoms with Gasteiger partial charge in [-0.05, 0) is 0 Å². The first-order chi connectivity index (χ1) is 4.50. The Bertz CT molecular complexity index is 167. The maximum Gasteiger partial charge on any atom is 1.00 e. The Balaban J connectivity index is -0.0000000483. The smallest absolute Gasteiger partial charge is 0.852 e. The van der Waals surface area contributed by atoms with E-state index in [0.717, 1.165) is 0 Å². The molecular formula is C3H3K2N3O2S2. The molecule has 56 valence electrons. The summed E-state index contributed by atoms with van der Waals surface area (Å²) in [5, 5.41) is 26.4. The molecule has 0 fully saturated rings. The van der Waals surface area contributed by atoms with Crippen molar-refractivity contribution in [3.05, 3.63) is 0 Å². The van der Waals surface area contributed by atoms with Gasteiger partial charge in [0.25, 0.3) is 0 Å². The number of nitrogens with two attached hydrogens (primary N) is 1. The average Bonchev–Trinajstić information content (AvgIpc) is 1.62. The second-order valence-electron chi connectivity index (χ2n) is 0.843. The fourth-order valence-electron chi connectivity index (χ4n) is 0.0456. The maximum atomic E-state index is 9.52. The molecule has 3 N–H and O–H groups in total. The molecule has 0 amide bonds. The van der Waals surface area contributed by atoms with Crippen LogP contribution in [0.3, 0.4) is 0 Å². The van der Waals surface area contributed by atoms with Gasteiger partial charge in [-0.15, -0.1) is 0 Å². The molecule has 0 heterocycles. The zero-order valence-corrected chi connectivity index (χ0v) is 14.5. The standard InChI is InChI=1S/C2H2N2OS.CH3NOS.2K/c3-1-4-2(5)6;2-1(3)4;;/h(H2,4,5,6);(H3,2,3,4);;/q;;2*+1/p-2. The Morgan fingerprint density at radius 1 is 1.33 bits per heavy atom. The van der Waals surface area contributed by atoms with Gasteiger partial charge in [-0.3, -0.25) is 5.32 Å². The average molecular weight is 255 g/mol. The summed E-state index contributed by atoms with van der Waals surface area (Å²) in [7, 11) is 0. The monoisotopic (exact) mass is 255 g/mol. The zero-order valence-electron chi connectivity index (χ0n) is 6.66. The molecule has 0 aromatic heterocycles. The van der Waals surface area contributed by atoms with Crippen LogP contribution in [0.5, 0.6) is 0 Å². The fourth-order valence-corrected chi connectivity index (χ4v) is 0.0913. The van der Waals surface area contributed by atoms with Gasteiger partial charge >= 0.3 is 103 Å². The normalized spacial score (nSPS) is 4.92. The van der Waals surface area contributed by atoms with Crippen molar-refractivity contribution in [2.24, 2.45) is 5.73 Å². The van der Waals surface area contributed by atoms with Crippen LogP contribution in [0.25, 0.3) is 0 Å². The molecule has 9 heteroatoms. The van der Waals surface area contributed by atoms with E-state index in [2.05, 4.69) is 30.2 Å². The zero-order chi connectivity index (χ0) is 8.57. The quantitative estimate of drug-likeness (QED) is 0.191. The predicted octanol–water partition coefficient (Wildman–Crippen LogP) is -8.70. The van der Waals surface area contributed by atoms with Crippen molar-refractivity contribution in [2.45, 2.75) is 0 Å². The van der Waals surface area contributed by atoms with Gasteiger partial charge in [0.15, 0.2) is 6.19 Å². The molecule has 0 aliphatic rings. The van der Waals surface area contributed by atoms with Crippen LogP contribution in [0.15, 0.2) is 0 Å². The summed E-state index contributed by atoms with van der Waals surface area (Å²) in [6.07, 6.45) is 1.36. The van der Waals surface area contributed by atoms with E-state index in [1.165, 1.54) is 6.19 Å². The van der Waals surface area contributed by atoms with E-state index >= 15 is 0 Å². The number of nitrogens with zero attached hydrogens (tertiary/aromatic N) is 1. The maximum absolute atomic E-state index is 9.52. The Morgan fingerprint density at radius 3 is 1.58 bits per heavy atom. The van der Waals surface area contributed by atoms with Crippen molar-refractivity contribution in [1.82, 2.24) is 5.32 Å². The Kier molecular flexibility index (Phi) is 37.3. The van der Waals surface area contributed by atoms with E-state index in [1.54, 1.807) is 5.32 Å². The number of hydrogen-bond acceptors (Lipinski definition) is 5. The van der Waals surface area contributed by atoms with E-state index in [0.29, 0.717) is 0 Å². The second kappa shape index (κ2) is 18.8. The van der Waals surface area contributed by atoms with Crippen LogP contribution in [0.2, 0.25) is 0 Å². The van der Waals surface area contributed by atoms with Crippen LogP contribution >= 0.6 is 24.4 Å². The van der Waals surface area contributed by atoms with Gasteiger partial charge in [0, 0.05) is 10.3 Å². The third-order valence-electron chi connectivity index (χ3n) is 0.158. The van der Waals surface area contributed by atoms with E-state index in [9.17, 15) is 5.11 Å². The number of hydrogen-bond donors (Lipinski definition) is 2. The predicted molar refractivity (Wildman–Crippen MR) is 38.1 cm³/mol. The summed E-state index contributed by atoms with van der Waals surface area (Å²) in [5.41, 5.74) is 4.29. The molecule has 0 unspecified atom stereocenters. The minimum Gasteiger partial charge on any atom is -0.852 e. The van der Waals surface area contributed by atoms with Crippen LogP contribution < -0.4 is 124 Å². The van der Waals surface area contributed by atoms with Gasteiger partial charge in [0.1, 0.15) is 0 Å². The number of rotatable bonds is 0. The van der Waals surface area contributed by atoms with Gasteiger partial charge in [0.05, 0.1) is 0 Å². The number of nitriles is 1. The number of thiocarbonyl (C=S) groups is 2. The molecule has 0 aromatic carbocycles. The third-order valence-corrected chi connectivity index (χ3v) is 0.260. The first-order valence-electron chi connectivity index (χ1n) is 1.83. The second-order valence-corrected chi connectivity index (χ2v) is 1.62. The third kappa shape index (κ3) is 57.0. The van der Waals surface area contributed by atoms with Crippen LogP contribution in [0.4, 0.5) is 0 Å². The largest absolute Gasteiger partial charge is 1.00 e. The van der Waals surface area contributed by atoms with E-state index in [1.807, 2.05) is 0 Å². The van der Waals surface area contributed by atoms with Crippen molar-refractivity contribution in [1.29, 1.82) is 5.26 Å². The van der Waals surface area contributed by atoms with Gasteiger partial charge in [0.2, 0.25) is 0 Å². The SMILES string of the molecule is N#CNC([O-])=S.NC([O-])=S.[K+].[K+]. The van der Waals surface area contributed by atoms with Crippen LogP contribution in [-0.4, -0.2) is 10.3 Å². The van der Waals surface area contributed by atoms with Crippen LogP contribution in [-0.2, 0) is 0 Å². The van der Waals surface area contributed by atoms with Crippen LogP contribution in [0, 0.1) is 11.5 Å². The summed E-state index contributed by atoms with van der Waals surface area (Å²) >= 11 is 7.66. The van der Waals surface area contributed by atoms with E-state index in [-0.39, 0.29) is 103 Å². The first-order valence-corrected chi connectivity index (χ1v) is 2.65. The molecule has 0 spiro atoms. The Hall–Kier alpha value is 2.14.